The van der Waals surface area contributed by atoms with Crippen LogP contribution in [-0.2, 0) is 16.2 Å². The van der Waals surface area contributed by atoms with E-state index in [9.17, 15) is 0 Å². The molecular formula is C54H43N3O. The highest BCUT2D eigenvalue weighted by Crippen LogP contribution is 2.63. The average Bonchev–Trinajstić information content (AvgIpc) is 3.86. The maximum absolute atomic E-state index is 6.32. The topological polar surface area (TPSA) is 51.8 Å². The summed E-state index contributed by atoms with van der Waals surface area (Å²) in [6.07, 6.45) is 0. The van der Waals surface area contributed by atoms with Crippen LogP contribution in [0.25, 0.3) is 78.4 Å². The first kappa shape index (κ1) is 34.6. The number of para-hydroxylation sites is 1. The molecule has 4 nitrogen and oxygen atoms in total. The van der Waals surface area contributed by atoms with Gasteiger partial charge in [0.05, 0.1) is 5.41 Å². The molecule has 2 aliphatic rings. The third-order valence-electron chi connectivity index (χ3n) is 12.5. The van der Waals surface area contributed by atoms with Crippen LogP contribution in [0, 0.1) is 0 Å². The van der Waals surface area contributed by atoms with E-state index in [0.29, 0.717) is 17.5 Å². The molecule has 4 heteroatoms. The summed E-state index contributed by atoms with van der Waals surface area (Å²) in [5, 5.41) is 2.17. The minimum atomic E-state index is -0.528. The first-order valence-corrected chi connectivity index (χ1v) is 20.3. The van der Waals surface area contributed by atoms with Gasteiger partial charge in [-0.2, -0.15) is 0 Å². The lowest BCUT2D eigenvalue weighted by molar-refractivity contribution is 0.586. The van der Waals surface area contributed by atoms with Gasteiger partial charge in [0, 0.05) is 27.5 Å². The molecule has 0 aliphatic heterocycles. The number of nitrogens with zero attached hydrogens (tertiary/aromatic N) is 3. The maximum atomic E-state index is 6.32. The molecule has 11 rings (SSSR count). The molecule has 9 aromatic rings. The molecule has 0 unspecified atom stereocenters. The Morgan fingerprint density at radius 3 is 1.52 bits per heavy atom. The van der Waals surface area contributed by atoms with Crippen LogP contribution in [0.15, 0.2) is 156 Å². The minimum absolute atomic E-state index is 0.0229. The van der Waals surface area contributed by atoms with E-state index >= 15 is 0 Å². The minimum Gasteiger partial charge on any atom is -0.456 e. The molecule has 0 amide bonds. The van der Waals surface area contributed by atoms with Crippen molar-refractivity contribution in [3.05, 3.63) is 185 Å². The van der Waals surface area contributed by atoms with E-state index in [0.717, 1.165) is 38.6 Å². The van der Waals surface area contributed by atoms with Gasteiger partial charge < -0.3 is 4.42 Å². The first-order chi connectivity index (χ1) is 28.0. The zero-order valence-electron chi connectivity index (χ0n) is 33.7. The standard InChI is InChI=1S/C54H43N3O/c1-52(2,3)35-22-26-39-40-27-23-36(53(4,5)6)31-46(40)54(45(39)30-35)43-18-12-10-16-37(43)38-24-20-33(28-44(38)54)50-55-49(32-14-8-7-9-15-32)56-51(57-50)34-21-25-42-41-17-11-13-19-47(41)58-48(42)29-34/h7-31H,1-6H3. The lowest BCUT2D eigenvalue weighted by Crippen LogP contribution is -2.27. The van der Waals surface area contributed by atoms with Gasteiger partial charge in [0.25, 0.3) is 0 Å². The van der Waals surface area contributed by atoms with Crippen LogP contribution in [0.5, 0.6) is 0 Å². The monoisotopic (exact) mass is 749 g/mol. The van der Waals surface area contributed by atoms with Gasteiger partial charge in [0.2, 0.25) is 0 Å². The van der Waals surface area contributed by atoms with E-state index in [4.69, 9.17) is 19.4 Å². The highest BCUT2D eigenvalue weighted by atomic mass is 16.3. The summed E-state index contributed by atoms with van der Waals surface area (Å²) in [5.41, 5.74) is 16.9. The lowest BCUT2D eigenvalue weighted by atomic mass is 9.68. The summed E-state index contributed by atoms with van der Waals surface area (Å²) in [4.78, 5) is 15.6. The number of hydrogen-bond donors (Lipinski definition) is 0. The number of fused-ring (bicyclic) bond motifs is 13. The summed E-state index contributed by atoms with van der Waals surface area (Å²) >= 11 is 0. The van der Waals surface area contributed by atoms with Gasteiger partial charge >= 0.3 is 0 Å². The van der Waals surface area contributed by atoms with Crippen molar-refractivity contribution in [2.75, 3.05) is 0 Å². The zero-order chi connectivity index (χ0) is 39.6. The second kappa shape index (κ2) is 12.2. The van der Waals surface area contributed by atoms with E-state index in [1.165, 1.54) is 55.6 Å². The SMILES string of the molecule is CC(C)(C)c1ccc2c(c1)C1(c3ccccc3-c3ccc(-c4nc(-c5ccccc5)nc(-c5ccc6c(c5)oc5ccccc56)n4)cc31)c1cc(C(C)(C)C)ccc1-2. The fourth-order valence-electron chi connectivity index (χ4n) is 9.47. The van der Waals surface area contributed by atoms with Gasteiger partial charge in [-0.15, -0.1) is 0 Å². The van der Waals surface area contributed by atoms with E-state index in [1.807, 2.05) is 36.4 Å². The molecule has 0 bridgehead atoms. The summed E-state index contributed by atoms with van der Waals surface area (Å²) in [7, 11) is 0. The Morgan fingerprint density at radius 2 is 0.862 bits per heavy atom. The molecule has 1 spiro atoms. The molecule has 280 valence electrons. The molecule has 2 aliphatic carbocycles. The number of benzene rings is 7. The highest BCUT2D eigenvalue weighted by Gasteiger charge is 2.52. The second-order valence-corrected chi connectivity index (χ2v) is 18.1. The van der Waals surface area contributed by atoms with Crippen LogP contribution < -0.4 is 0 Å². The number of rotatable bonds is 3. The van der Waals surface area contributed by atoms with Crippen molar-refractivity contribution in [2.45, 2.75) is 57.8 Å². The van der Waals surface area contributed by atoms with Crippen molar-refractivity contribution >= 4 is 21.9 Å². The van der Waals surface area contributed by atoms with Gasteiger partial charge in [-0.1, -0.05) is 169 Å². The average molecular weight is 750 g/mol. The van der Waals surface area contributed by atoms with Gasteiger partial charge in [-0.3, -0.25) is 0 Å². The van der Waals surface area contributed by atoms with Crippen LogP contribution in [0.3, 0.4) is 0 Å². The van der Waals surface area contributed by atoms with Crippen LogP contribution in [0.1, 0.15) is 74.9 Å². The van der Waals surface area contributed by atoms with E-state index < -0.39 is 5.41 Å². The smallest absolute Gasteiger partial charge is 0.164 e. The van der Waals surface area contributed by atoms with Crippen LogP contribution >= 0.6 is 0 Å². The predicted octanol–water partition coefficient (Wildman–Crippen LogP) is 13.7. The van der Waals surface area contributed by atoms with Gasteiger partial charge in [-0.05, 0) is 90.7 Å². The molecular weight excluding hydrogens is 707 g/mol. The first-order valence-electron chi connectivity index (χ1n) is 20.3. The van der Waals surface area contributed by atoms with Crippen molar-refractivity contribution in [3.8, 4) is 56.4 Å². The molecule has 7 aromatic carbocycles. The summed E-state index contributed by atoms with van der Waals surface area (Å²) in [6.45, 7) is 13.9. The fourth-order valence-corrected chi connectivity index (χ4v) is 9.47. The zero-order valence-corrected chi connectivity index (χ0v) is 33.7. The van der Waals surface area contributed by atoms with Crippen molar-refractivity contribution in [1.29, 1.82) is 0 Å². The van der Waals surface area contributed by atoms with Crippen LogP contribution in [-0.4, -0.2) is 15.0 Å². The summed E-state index contributed by atoms with van der Waals surface area (Å²) in [5.74, 6) is 1.86. The third kappa shape index (κ3) is 5.04. The largest absolute Gasteiger partial charge is 0.456 e. The van der Waals surface area contributed by atoms with Gasteiger partial charge in [0.1, 0.15) is 11.2 Å². The molecule has 0 radical (unpaired) electrons. The predicted molar refractivity (Wildman–Crippen MR) is 237 cm³/mol. The molecule has 0 saturated carbocycles. The second-order valence-electron chi connectivity index (χ2n) is 18.1. The normalized spacial score (nSPS) is 13.8. The van der Waals surface area contributed by atoms with E-state index in [2.05, 4.69) is 157 Å². The van der Waals surface area contributed by atoms with Gasteiger partial charge in [-0.25, -0.2) is 15.0 Å². The molecule has 0 saturated heterocycles. The van der Waals surface area contributed by atoms with Crippen molar-refractivity contribution in [2.24, 2.45) is 0 Å². The summed E-state index contributed by atoms with van der Waals surface area (Å²) < 4.78 is 6.32. The maximum Gasteiger partial charge on any atom is 0.164 e. The van der Waals surface area contributed by atoms with Crippen LogP contribution in [0.4, 0.5) is 0 Å². The van der Waals surface area contributed by atoms with E-state index in [-0.39, 0.29) is 10.8 Å². The Kier molecular flexibility index (Phi) is 7.26. The highest BCUT2D eigenvalue weighted by molar-refractivity contribution is 6.05. The summed E-state index contributed by atoms with van der Waals surface area (Å²) in [6, 6.07) is 54.9. The Bertz CT molecular complexity index is 3080. The number of furan rings is 1. The van der Waals surface area contributed by atoms with Crippen molar-refractivity contribution in [1.82, 2.24) is 15.0 Å². The van der Waals surface area contributed by atoms with Gasteiger partial charge in [0.15, 0.2) is 17.5 Å². The van der Waals surface area contributed by atoms with Crippen molar-refractivity contribution < 1.29 is 4.42 Å². The Morgan fingerprint density at radius 1 is 0.379 bits per heavy atom. The molecule has 0 atom stereocenters. The Labute approximate surface area is 339 Å². The number of aromatic nitrogens is 3. The molecule has 2 heterocycles. The molecule has 0 fully saturated rings. The molecule has 0 N–H and O–H groups in total. The third-order valence-corrected chi connectivity index (χ3v) is 12.5. The van der Waals surface area contributed by atoms with Crippen LogP contribution in [0.2, 0.25) is 0 Å². The number of hydrogen-bond acceptors (Lipinski definition) is 4. The quantitative estimate of drug-likeness (QED) is 0.180. The lowest BCUT2D eigenvalue weighted by Gasteiger charge is -2.33. The molecule has 2 aromatic heterocycles. The van der Waals surface area contributed by atoms with Crippen molar-refractivity contribution in [3.63, 3.8) is 0 Å². The molecule has 58 heavy (non-hydrogen) atoms. The fraction of sp³-hybridized carbons (Fsp3) is 0.167. The Balaban J connectivity index is 1.17. The Hall–Kier alpha value is -6.65. The van der Waals surface area contributed by atoms with E-state index in [1.54, 1.807) is 0 Å².